The lowest BCUT2D eigenvalue weighted by molar-refractivity contribution is 0.0938. The van der Waals surface area contributed by atoms with E-state index in [1.807, 2.05) is 0 Å². The Morgan fingerprint density at radius 3 is 3.00 bits per heavy atom. The van der Waals surface area contributed by atoms with Crippen molar-refractivity contribution in [3.05, 3.63) is 24.0 Å². The van der Waals surface area contributed by atoms with E-state index in [9.17, 15) is 4.79 Å². The molecule has 6 heteroatoms. The Labute approximate surface area is 112 Å². The molecule has 2 fully saturated rings. The van der Waals surface area contributed by atoms with Gasteiger partial charge in [0.15, 0.2) is 0 Å². The van der Waals surface area contributed by atoms with Crippen LogP contribution in [0.5, 0.6) is 0 Å². The van der Waals surface area contributed by atoms with Crippen molar-refractivity contribution in [3.63, 3.8) is 0 Å². The van der Waals surface area contributed by atoms with Gasteiger partial charge >= 0.3 is 0 Å². The minimum atomic E-state index is -0.108. The van der Waals surface area contributed by atoms with Crippen LogP contribution in [0, 0.1) is 0 Å². The lowest BCUT2D eigenvalue weighted by atomic mass is 10.2. The number of pyridine rings is 1. The molecular weight excluding hydrogens is 242 g/mol. The van der Waals surface area contributed by atoms with Crippen molar-refractivity contribution in [1.82, 2.24) is 15.2 Å². The summed E-state index contributed by atoms with van der Waals surface area (Å²) in [4.78, 5) is 18.7. The second-order valence-electron chi connectivity index (χ2n) is 5.25. The van der Waals surface area contributed by atoms with E-state index in [2.05, 4.69) is 20.6 Å². The third-order valence-corrected chi connectivity index (χ3v) is 3.84. The maximum Gasteiger partial charge on any atom is 0.255 e. The third-order valence-electron chi connectivity index (χ3n) is 3.84. The first-order valence-corrected chi connectivity index (χ1v) is 6.73. The lowest BCUT2D eigenvalue weighted by Gasteiger charge is -2.16. The van der Waals surface area contributed by atoms with Crippen molar-refractivity contribution in [2.75, 3.05) is 18.5 Å². The van der Waals surface area contributed by atoms with Gasteiger partial charge in [-0.2, -0.15) is 0 Å². The van der Waals surface area contributed by atoms with Crippen LogP contribution >= 0.6 is 0 Å². The van der Waals surface area contributed by atoms with Gasteiger partial charge < -0.3 is 10.7 Å². The zero-order valence-electron chi connectivity index (χ0n) is 10.8. The molecule has 6 nitrogen and oxygen atoms in total. The Kier molecular flexibility index (Phi) is 3.35. The fourth-order valence-corrected chi connectivity index (χ4v) is 2.64. The summed E-state index contributed by atoms with van der Waals surface area (Å²) in [6.07, 6.45) is 6.79. The van der Waals surface area contributed by atoms with Crippen LogP contribution in [0.15, 0.2) is 18.5 Å². The lowest BCUT2D eigenvalue weighted by Crippen LogP contribution is -2.38. The molecule has 0 radical (unpaired) electrons. The molecule has 1 atom stereocenters. The summed E-state index contributed by atoms with van der Waals surface area (Å²) in [6.45, 7) is 2.05. The van der Waals surface area contributed by atoms with Gasteiger partial charge in [0, 0.05) is 37.6 Å². The fraction of sp³-hybridized carbons (Fsp3) is 0.538. The molecule has 1 unspecified atom stereocenters. The van der Waals surface area contributed by atoms with Gasteiger partial charge in [-0.05, 0) is 25.3 Å². The molecule has 102 valence electrons. The average Bonchev–Trinajstić information content (AvgIpc) is 3.19. The van der Waals surface area contributed by atoms with Gasteiger partial charge in [-0.25, -0.2) is 0 Å². The highest BCUT2D eigenvalue weighted by Gasteiger charge is 2.34. The molecular formula is C13H19N5O. The summed E-state index contributed by atoms with van der Waals surface area (Å²) in [6, 6.07) is 2.69. The van der Waals surface area contributed by atoms with E-state index >= 15 is 0 Å². The van der Waals surface area contributed by atoms with E-state index in [0.717, 1.165) is 25.6 Å². The Hall–Kier alpha value is -1.66. The van der Waals surface area contributed by atoms with Gasteiger partial charge in [0.25, 0.3) is 5.91 Å². The standard InChI is InChI=1S/C13H19N5O/c14-17-12-3-5-15-7-11(12)13(19)16-9-4-6-18(8-9)10-1-2-10/h3,5,7,9-10H,1-2,4,6,8,14H2,(H,15,17)(H,16,19). The highest BCUT2D eigenvalue weighted by Crippen LogP contribution is 2.29. The molecule has 1 aliphatic heterocycles. The number of hydrogen-bond acceptors (Lipinski definition) is 5. The van der Waals surface area contributed by atoms with Crippen LogP contribution in [0.2, 0.25) is 0 Å². The first-order valence-electron chi connectivity index (χ1n) is 6.73. The van der Waals surface area contributed by atoms with E-state index in [4.69, 9.17) is 5.84 Å². The molecule has 0 bridgehead atoms. The predicted molar refractivity (Wildman–Crippen MR) is 72.5 cm³/mol. The zero-order chi connectivity index (χ0) is 13.2. The van der Waals surface area contributed by atoms with E-state index in [1.54, 1.807) is 12.3 Å². The number of anilines is 1. The zero-order valence-corrected chi connectivity index (χ0v) is 10.8. The Bertz CT molecular complexity index is 474. The maximum atomic E-state index is 12.2. The SMILES string of the molecule is NNc1ccncc1C(=O)NC1CCN(C2CC2)C1. The molecule has 2 heterocycles. The minimum absolute atomic E-state index is 0.108. The monoisotopic (exact) mass is 261 g/mol. The van der Waals surface area contributed by atoms with Crippen molar-refractivity contribution in [3.8, 4) is 0 Å². The normalized spacial score (nSPS) is 23.3. The number of hydrogen-bond donors (Lipinski definition) is 3. The Balaban J connectivity index is 1.61. The first-order chi connectivity index (χ1) is 9.28. The number of carbonyl (C=O) groups excluding carboxylic acids is 1. The highest BCUT2D eigenvalue weighted by molar-refractivity contribution is 5.99. The first kappa shape index (κ1) is 12.4. The van der Waals surface area contributed by atoms with Crippen LogP contribution in [0.25, 0.3) is 0 Å². The van der Waals surface area contributed by atoms with Crippen LogP contribution in [0.4, 0.5) is 5.69 Å². The molecule has 0 spiro atoms. The van der Waals surface area contributed by atoms with Crippen molar-refractivity contribution >= 4 is 11.6 Å². The van der Waals surface area contributed by atoms with Gasteiger partial charge in [-0.3, -0.25) is 20.5 Å². The van der Waals surface area contributed by atoms with Crippen molar-refractivity contribution in [2.24, 2.45) is 5.84 Å². The molecule has 1 aliphatic carbocycles. The number of rotatable bonds is 4. The van der Waals surface area contributed by atoms with E-state index in [1.165, 1.54) is 19.0 Å². The number of amides is 1. The van der Waals surface area contributed by atoms with Crippen molar-refractivity contribution < 1.29 is 4.79 Å². The second-order valence-corrected chi connectivity index (χ2v) is 5.25. The third kappa shape index (κ3) is 2.69. The van der Waals surface area contributed by atoms with E-state index in [-0.39, 0.29) is 11.9 Å². The van der Waals surface area contributed by atoms with Gasteiger partial charge in [-0.1, -0.05) is 0 Å². The Morgan fingerprint density at radius 1 is 1.42 bits per heavy atom. The average molecular weight is 261 g/mol. The summed E-state index contributed by atoms with van der Waals surface area (Å²) in [5, 5.41) is 3.07. The number of nitrogens with one attached hydrogen (secondary N) is 2. The molecule has 1 aromatic heterocycles. The van der Waals surface area contributed by atoms with Crippen molar-refractivity contribution in [2.45, 2.75) is 31.3 Å². The van der Waals surface area contributed by atoms with E-state index in [0.29, 0.717) is 11.3 Å². The number of hydrazine groups is 1. The molecule has 1 amide bonds. The molecule has 3 rings (SSSR count). The second kappa shape index (κ2) is 5.14. The van der Waals surface area contributed by atoms with Crippen LogP contribution in [-0.2, 0) is 0 Å². The largest absolute Gasteiger partial charge is 0.348 e. The molecule has 2 aliphatic rings. The Morgan fingerprint density at radius 2 is 2.26 bits per heavy atom. The smallest absolute Gasteiger partial charge is 0.255 e. The van der Waals surface area contributed by atoms with Gasteiger partial charge in [0.05, 0.1) is 11.3 Å². The van der Waals surface area contributed by atoms with Crippen LogP contribution in [0.1, 0.15) is 29.6 Å². The molecule has 1 saturated carbocycles. The van der Waals surface area contributed by atoms with Crippen molar-refractivity contribution in [1.29, 1.82) is 0 Å². The number of carbonyl (C=O) groups is 1. The van der Waals surface area contributed by atoms with Crippen LogP contribution < -0.4 is 16.6 Å². The number of nitrogen functional groups attached to an aromatic ring is 1. The quantitative estimate of drug-likeness (QED) is 0.537. The van der Waals surface area contributed by atoms with Crippen LogP contribution in [-0.4, -0.2) is 41.0 Å². The molecule has 4 N–H and O–H groups in total. The fourth-order valence-electron chi connectivity index (χ4n) is 2.64. The molecule has 0 aromatic carbocycles. The molecule has 1 saturated heterocycles. The number of nitrogens with zero attached hydrogens (tertiary/aromatic N) is 2. The van der Waals surface area contributed by atoms with Gasteiger partial charge in [-0.15, -0.1) is 0 Å². The summed E-state index contributed by atoms with van der Waals surface area (Å²) in [5.41, 5.74) is 3.62. The summed E-state index contributed by atoms with van der Waals surface area (Å²) < 4.78 is 0. The molecule has 19 heavy (non-hydrogen) atoms. The summed E-state index contributed by atoms with van der Waals surface area (Å²) in [5.74, 6) is 5.29. The topological polar surface area (TPSA) is 83.3 Å². The van der Waals surface area contributed by atoms with Crippen LogP contribution in [0.3, 0.4) is 0 Å². The molecule has 1 aromatic rings. The minimum Gasteiger partial charge on any atom is -0.348 e. The van der Waals surface area contributed by atoms with E-state index < -0.39 is 0 Å². The summed E-state index contributed by atoms with van der Waals surface area (Å²) in [7, 11) is 0. The van der Waals surface area contributed by atoms with Gasteiger partial charge in [0.2, 0.25) is 0 Å². The van der Waals surface area contributed by atoms with Gasteiger partial charge in [0.1, 0.15) is 0 Å². The maximum absolute atomic E-state index is 12.2. The number of aromatic nitrogens is 1. The highest BCUT2D eigenvalue weighted by atomic mass is 16.1. The number of nitrogens with two attached hydrogens (primary N) is 1. The predicted octanol–water partition coefficient (Wildman–Crippen LogP) is 0.334. The number of likely N-dealkylation sites (tertiary alicyclic amines) is 1. The summed E-state index contributed by atoms with van der Waals surface area (Å²) >= 11 is 0.